The van der Waals surface area contributed by atoms with Gasteiger partial charge in [0.15, 0.2) is 0 Å². The maximum Gasteiger partial charge on any atom is 0.206 e. The summed E-state index contributed by atoms with van der Waals surface area (Å²) in [6.45, 7) is 8.75. The fraction of sp³-hybridized carbons (Fsp3) is 1.00. The quantitative estimate of drug-likeness (QED) is 0.163. The summed E-state index contributed by atoms with van der Waals surface area (Å²) in [7, 11) is -3.06. The van der Waals surface area contributed by atoms with Crippen LogP contribution < -0.4 is 0 Å². The normalized spacial score (nSPS) is 16.2. The molecule has 0 aliphatic rings. The van der Waals surface area contributed by atoms with Crippen molar-refractivity contribution in [3.63, 3.8) is 0 Å². The number of unbranched alkanes of at least 4 members (excludes halogenated alkanes) is 12. The van der Waals surface area contributed by atoms with Crippen LogP contribution in [0.15, 0.2) is 0 Å². The van der Waals surface area contributed by atoms with Crippen molar-refractivity contribution in [2.24, 2.45) is 0 Å². The van der Waals surface area contributed by atoms with Gasteiger partial charge >= 0.3 is 0 Å². The van der Waals surface area contributed by atoms with Crippen LogP contribution in [0.3, 0.4) is 0 Å². The van der Waals surface area contributed by atoms with Crippen molar-refractivity contribution in [2.75, 3.05) is 0 Å². The molecule has 0 saturated heterocycles. The monoisotopic (exact) mass is 402 g/mol. The molecule has 164 valence electrons. The molecule has 0 amide bonds. The lowest BCUT2D eigenvalue weighted by molar-refractivity contribution is 0.422. The van der Waals surface area contributed by atoms with Gasteiger partial charge in [-0.05, 0) is 19.3 Å². The van der Waals surface area contributed by atoms with Crippen molar-refractivity contribution in [3.05, 3.63) is 0 Å². The molecular formula is C24H51O2P. The van der Waals surface area contributed by atoms with E-state index in [-0.39, 0.29) is 11.3 Å². The Labute approximate surface area is 171 Å². The van der Waals surface area contributed by atoms with Crippen LogP contribution in [0.4, 0.5) is 0 Å². The zero-order valence-electron chi connectivity index (χ0n) is 19.2. The molecule has 0 aromatic carbocycles. The molecule has 0 spiro atoms. The van der Waals surface area contributed by atoms with Crippen molar-refractivity contribution in [1.29, 1.82) is 0 Å². The lowest BCUT2D eigenvalue weighted by Gasteiger charge is -2.28. The highest BCUT2D eigenvalue weighted by Gasteiger charge is 2.35. The fourth-order valence-electron chi connectivity index (χ4n) is 4.07. The maximum atomic E-state index is 13.3. The second-order valence-corrected chi connectivity index (χ2v) is 11.7. The number of hydrogen-bond acceptors (Lipinski definition) is 1. The zero-order chi connectivity index (χ0) is 20.4. The van der Waals surface area contributed by atoms with Gasteiger partial charge in [0.05, 0.1) is 0 Å². The van der Waals surface area contributed by atoms with Crippen molar-refractivity contribution >= 4 is 7.37 Å². The molecule has 0 radical (unpaired) electrons. The average Bonchev–Trinajstić information content (AvgIpc) is 2.65. The van der Waals surface area contributed by atoms with Gasteiger partial charge in [-0.2, -0.15) is 0 Å². The fourth-order valence-corrected chi connectivity index (χ4v) is 6.45. The molecule has 0 rings (SSSR count). The van der Waals surface area contributed by atoms with Gasteiger partial charge in [-0.1, -0.05) is 124 Å². The van der Waals surface area contributed by atoms with Crippen LogP contribution >= 0.6 is 7.37 Å². The van der Waals surface area contributed by atoms with E-state index in [1.807, 2.05) is 6.92 Å². The SMILES string of the molecule is CCCCCCCCC(CCCCCCC)P(=O)(O)C(C)CCCCCC. The third kappa shape index (κ3) is 13.9. The van der Waals surface area contributed by atoms with Gasteiger partial charge in [0.1, 0.15) is 0 Å². The Kier molecular flexibility index (Phi) is 18.4. The summed E-state index contributed by atoms with van der Waals surface area (Å²) in [5.41, 5.74) is 0.0292. The summed E-state index contributed by atoms with van der Waals surface area (Å²) >= 11 is 0. The van der Waals surface area contributed by atoms with E-state index in [9.17, 15) is 9.46 Å². The van der Waals surface area contributed by atoms with Gasteiger partial charge in [-0.25, -0.2) is 0 Å². The van der Waals surface area contributed by atoms with Crippen LogP contribution in [0.2, 0.25) is 0 Å². The van der Waals surface area contributed by atoms with Crippen LogP contribution in [0.25, 0.3) is 0 Å². The summed E-state index contributed by atoms with van der Waals surface area (Å²) in [4.78, 5) is 11.0. The third-order valence-electron chi connectivity index (χ3n) is 6.16. The molecule has 0 aliphatic carbocycles. The molecule has 0 bridgehead atoms. The molecular weight excluding hydrogens is 351 g/mol. The second-order valence-electron chi connectivity index (χ2n) is 8.78. The molecule has 3 atom stereocenters. The largest absolute Gasteiger partial charge is 0.344 e. The number of hydrogen-bond donors (Lipinski definition) is 1. The van der Waals surface area contributed by atoms with E-state index >= 15 is 0 Å². The highest BCUT2D eigenvalue weighted by atomic mass is 31.2. The molecule has 2 nitrogen and oxygen atoms in total. The summed E-state index contributed by atoms with van der Waals surface area (Å²) in [6.07, 6.45) is 21.4. The van der Waals surface area contributed by atoms with Crippen LogP contribution in [0.1, 0.15) is 143 Å². The smallest absolute Gasteiger partial charge is 0.206 e. The Bertz CT molecular complexity index is 356. The van der Waals surface area contributed by atoms with Crippen molar-refractivity contribution in [2.45, 2.75) is 155 Å². The molecule has 0 fully saturated rings. The molecule has 1 N–H and O–H groups in total. The zero-order valence-corrected chi connectivity index (χ0v) is 20.1. The van der Waals surface area contributed by atoms with Crippen LogP contribution in [0, 0.1) is 0 Å². The summed E-state index contributed by atoms with van der Waals surface area (Å²) < 4.78 is 13.3. The lowest BCUT2D eigenvalue weighted by atomic mass is 10.0. The van der Waals surface area contributed by atoms with E-state index in [4.69, 9.17) is 0 Å². The predicted octanol–water partition coefficient (Wildman–Crippen LogP) is 9.10. The first-order chi connectivity index (χ1) is 13.0. The summed E-state index contributed by atoms with van der Waals surface area (Å²) in [6, 6.07) is 0. The Morgan fingerprint density at radius 2 is 0.926 bits per heavy atom. The standard InChI is InChI=1S/C24H51O2P/c1-5-8-11-14-16-19-22-24(21-18-15-12-9-6-2)27(25,26)23(4)20-17-13-10-7-3/h23-24H,5-22H2,1-4H3,(H,25,26). The summed E-state index contributed by atoms with van der Waals surface area (Å²) in [5.74, 6) is 0. The molecule has 3 heteroatoms. The third-order valence-corrected chi connectivity index (χ3v) is 9.25. The lowest BCUT2D eigenvalue weighted by Crippen LogP contribution is -2.17. The van der Waals surface area contributed by atoms with Crippen molar-refractivity contribution in [1.82, 2.24) is 0 Å². The Morgan fingerprint density at radius 3 is 1.37 bits per heavy atom. The van der Waals surface area contributed by atoms with Gasteiger partial charge in [0.25, 0.3) is 0 Å². The van der Waals surface area contributed by atoms with E-state index in [1.165, 1.54) is 77.0 Å². The molecule has 0 aliphatic heterocycles. The topological polar surface area (TPSA) is 37.3 Å². The van der Waals surface area contributed by atoms with E-state index in [0.717, 1.165) is 38.5 Å². The first-order valence-corrected chi connectivity index (χ1v) is 14.1. The van der Waals surface area contributed by atoms with Gasteiger partial charge < -0.3 is 4.89 Å². The summed E-state index contributed by atoms with van der Waals surface area (Å²) in [5, 5.41) is 0. The van der Waals surface area contributed by atoms with Crippen molar-refractivity contribution in [3.8, 4) is 0 Å². The number of rotatable bonds is 20. The van der Waals surface area contributed by atoms with Crippen LogP contribution in [-0.2, 0) is 4.57 Å². The van der Waals surface area contributed by atoms with Gasteiger partial charge in [-0.15, -0.1) is 0 Å². The highest BCUT2D eigenvalue weighted by molar-refractivity contribution is 7.59. The van der Waals surface area contributed by atoms with E-state index < -0.39 is 7.37 Å². The van der Waals surface area contributed by atoms with Crippen LogP contribution in [0.5, 0.6) is 0 Å². The Balaban J connectivity index is 4.49. The minimum atomic E-state index is -3.06. The average molecular weight is 403 g/mol. The second kappa shape index (κ2) is 18.2. The first kappa shape index (κ1) is 27.2. The predicted molar refractivity (Wildman–Crippen MR) is 123 cm³/mol. The molecule has 3 unspecified atom stereocenters. The van der Waals surface area contributed by atoms with Crippen LogP contribution in [-0.4, -0.2) is 16.2 Å². The first-order valence-electron chi connectivity index (χ1n) is 12.3. The molecule has 27 heavy (non-hydrogen) atoms. The highest BCUT2D eigenvalue weighted by Crippen LogP contribution is 2.56. The Morgan fingerprint density at radius 1 is 0.593 bits per heavy atom. The minimum absolute atomic E-state index is 0.0184. The van der Waals surface area contributed by atoms with Gasteiger partial charge in [-0.3, -0.25) is 4.57 Å². The molecule has 0 aromatic rings. The minimum Gasteiger partial charge on any atom is -0.344 e. The van der Waals surface area contributed by atoms with Gasteiger partial charge in [0.2, 0.25) is 7.37 Å². The van der Waals surface area contributed by atoms with E-state index in [2.05, 4.69) is 20.8 Å². The Hall–Kier alpha value is 0.190. The maximum absolute atomic E-state index is 13.3. The molecule has 0 heterocycles. The molecule has 0 aromatic heterocycles. The van der Waals surface area contributed by atoms with E-state index in [0.29, 0.717) is 0 Å². The molecule has 0 saturated carbocycles. The van der Waals surface area contributed by atoms with E-state index in [1.54, 1.807) is 0 Å². The van der Waals surface area contributed by atoms with Crippen molar-refractivity contribution < 1.29 is 9.46 Å². The van der Waals surface area contributed by atoms with Gasteiger partial charge in [0, 0.05) is 11.3 Å².